The van der Waals surface area contributed by atoms with Crippen molar-refractivity contribution in [3.05, 3.63) is 204 Å². The van der Waals surface area contributed by atoms with E-state index in [1.54, 1.807) is 0 Å². The van der Waals surface area contributed by atoms with Crippen LogP contribution < -0.4 is 48.7 Å². The first-order valence-corrected chi connectivity index (χ1v) is 26.4. The number of para-hydroxylation sites is 2. The molecule has 8 heterocycles. The third kappa shape index (κ3) is 10.7. The highest BCUT2D eigenvalue weighted by atomic mass is 35.5. The zero-order valence-corrected chi connectivity index (χ0v) is 46.8. The minimum absolute atomic E-state index is 0.645. The van der Waals surface area contributed by atoms with E-state index in [4.69, 9.17) is 62.6 Å². The van der Waals surface area contributed by atoms with Crippen molar-refractivity contribution in [2.24, 2.45) is 0 Å². The van der Waals surface area contributed by atoms with Crippen LogP contribution in [0.3, 0.4) is 0 Å². The molecular weight excluding hydrogens is 1040 g/mol. The first-order chi connectivity index (χ1) is 38.8. The number of nitrogens with zero attached hydrogens (tertiary/aromatic N) is 14. The number of anilines is 16. The molecule has 0 spiro atoms. The Morgan fingerprint density at radius 3 is 0.613 bits per heavy atom. The van der Waals surface area contributed by atoms with Gasteiger partial charge in [0.2, 0.25) is 0 Å². The van der Waals surface area contributed by atoms with Crippen molar-refractivity contribution >= 4 is 116 Å². The topological polar surface area (TPSA) is 122 Å². The summed E-state index contributed by atoms with van der Waals surface area (Å²) in [5.74, 6) is 11.8. The number of rotatable bonds is 4. The summed E-state index contributed by atoms with van der Waals surface area (Å²) < 4.78 is 13.1. The molecule has 0 radical (unpaired) electrons. The predicted molar refractivity (Wildman–Crippen MR) is 326 cm³/mol. The molecular formula is C62H56Cl2N14O2. The van der Waals surface area contributed by atoms with E-state index in [-0.39, 0.29) is 0 Å². The van der Waals surface area contributed by atoms with Crippen LogP contribution in [0, 0.1) is 0 Å². The van der Waals surface area contributed by atoms with E-state index in [0.717, 1.165) is 92.6 Å². The summed E-state index contributed by atoms with van der Waals surface area (Å²) in [4.78, 5) is 45.8. The number of pyridine rings is 6. The van der Waals surface area contributed by atoms with Gasteiger partial charge in [0.05, 0.1) is 22.7 Å². The smallest absolute Gasteiger partial charge is 0.174 e. The van der Waals surface area contributed by atoms with E-state index in [1.165, 1.54) is 0 Å². The summed E-state index contributed by atoms with van der Waals surface area (Å²) in [5, 5.41) is 1.29. The monoisotopic (exact) mass is 1100 g/mol. The molecule has 2 aliphatic rings. The van der Waals surface area contributed by atoms with E-state index in [2.05, 4.69) is 0 Å². The molecule has 18 heteroatoms. The van der Waals surface area contributed by atoms with Crippen LogP contribution in [0.25, 0.3) is 0 Å². The third-order valence-corrected chi connectivity index (χ3v) is 14.4. The number of halogens is 2. The van der Waals surface area contributed by atoms with Gasteiger partial charge in [0, 0.05) is 66.4 Å². The van der Waals surface area contributed by atoms with Gasteiger partial charge in [-0.15, -0.1) is 0 Å². The number of fused-ring (bicyclic) bond motifs is 16. The lowest BCUT2D eigenvalue weighted by molar-refractivity contribution is 0.483. The van der Waals surface area contributed by atoms with Gasteiger partial charge >= 0.3 is 0 Å². The first-order valence-electron chi connectivity index (χ1n) is 25.6. The number of hydrogen-bond donors (Lipinski definition) is 0. The van der Waals surface area contributed by atoms with Crippen LogP contribution in [0.5, 0.6) is 23.0 Å². The van der Waals surface area contributed by atoms with Crippen LogP contribution in [-0.2, 0) is 0 Å². The van der Waals surface area contributed by atoms with E-state index in [0.29, 0.717) is 33.0 Å². The van der Waals surface area contributed by atoms with Crippen molar-refractivity contribution in [1.29, 1.82) is 0 Å². The van der Waals surface area contributed by atoms with Crippen molar-refractivity contribution in [2.45, 2.75) is 0 Å². The Morgan fingerprint density at radius 2 is 0.412 bits per heavy atom. The maximum Gasteiger partial charge on any atom is 0.174 e. The zero-order valence-electron chi connectivity index (χ0n) is 45.3. The van der Waals surface area contributed by atoms with E-state index < -0.39 is 0 Å². The molecule has 16 nitrogen and oxygen atoms in total. The number of aromatic nitrogens is 6. The Labute approximate surface area is 475 Å². The maximum absolute atomic E-state index is 6.57. The van der Waals surface area contributed by atoms with Gasteiger partial charge in [-0.3, -0.25) is 0 Å². The number of hydrogen-bond acceptors (Lipinski definition) is 16. The molecule has 2 aliphatic heterocycles. The van der Waals surface area contributed by atoms with Crippen molar-refractivity contribution in [1.82, 2.24) is 29.9 Å². The van der Waals surface area contributed by atoms with Crippen LogP contribution in [-0.4, -0.2) is 86.3 Å². The van der Waals surface area contributed by atoms with Gasteiger partial charge in [-0.2, -0.15) is 0 Å². The van der Waals surface area contributed by atoms with E-state index >= 15 is 0 Å². The number of ether oxygens (including phenoxy) is 2. The summed E-state index contributed by atoms with van der Waals surface area (Å²) in [5.41, 5.74) is 3.36. The molecule has 6 aromatic heterocycles. The second kappa shape index (κ2) is 22.4. The predicted octanol–water partition coefficient (Wildman–Crippen LogP) is 15.4. The Balaban J connectivity index is 0.000000169. The maximum atomic E-state index is 6.57. The molecule has 0 N–H and O–H groups in total. The Hall–Kier alpha value is -9.64. The summed E-state index contributed by atoms with van der Waals surface area (Å²) in [6.45, 7) is 0. The Bertz CT molecular complexity index is 3420. The van der Waals surface area contributed by atoms with Gasteiger partial charge in [0.1, 0.15) is 81.3 Å². The van der Waals surface area contributed by atoms with Gasteiger partial charge in [0.25, 0.3) is 0 Å². The molecule has 16 bridgehead atoms. The van der Waals surface area contributed by atoms with Crippen LogP contribution in [0.2, 0.25) is 10.0 Å². The third-order valence-electron chi connectivity index (χ3n) is 13.9. The summed E-state index contributed by atoms with van der Waals surface area (Å²) in [6.07, 6.45) is 0. The van der Waals surface area contributed by atoms with Gasteiger partial charge in [-0.25, -0.2) is 29.9 Å². The fraction of sp³-hybridized carbons (Fsp3) is 0.129. The molecule has 4 aromatic carbocycles. The normalized spacial score (nSPS) is 12.9. The van der Waals surface area contributed by atoms with Gasteiger partial charge in [0.15, 0.2) is 11.5 Å². The van der Waals surface area contributed by atoms with Crippen molar-refractivity contribution in [2.75, 3.05) is 95.6 Å². The lowest BCUT2D eigenvalue weighted by Crippen LogP contribution is -2.20. The lowest BCUT2D eigenvalue weighted by atomic mass is 10.2. The highest BCUT2D eigenvalue weighted by Gasteiger charge is 2.25. The highest BCUT2D eigenvalue weighted by Crippen LogP contribution is 2.47. The minimum Gasteiger partial charge on any atom is -0.453 e. The fourth-order valence-corrected chi connectivity index (χ4v) is 9.46. The molecule has 10 aromatic rings. The van der Waals surface area contributed by atoms with Crippen LogP contribution in [0.15, 0.2) is 194 Å². The molecule has 0 amide bonds. The molecule has 0 fully saturated rings. The molecule has 0 unspecified atom stereocenters. The second-order valence-corrected chi connectivity index (χ2v) is 19.8. The molecule has 80 heavy (non-hydrogen) atoms. The first kappa shape index (κ1) is 52.4. The summed E-state index contributed by atoms with van der Waals surface area (Å²) >= 11 is 12.3. The molecule has 0 saturated heterocycles. The Kier molecular flexibility index (Phi) is 14.7. The molecule has 400 valence electrons. The summed E-state index contributed by atoms with van der Waals surface area (Å²) in [6, 6.07) is 62.4. The van der Waals surface area contributed by atoms with Gasteiger partial charge < -0.3 is 48.7 Å². The lowest BCUT2D eigenvalue weighted by Gasteiger charge is -2.29. The average molecular weight is 1100 g/mol. The van der Waals surface area contributed by atoms with Crippen molar-refractivity contribution < 1.29 is 9.47 Å². The minimum atomic E-state index is 0.645. The summed E-state index contributed by atoms with van der Waals surface area (Å²) in [7, 11) is 15.8. The Morgan fingerprint density at radius 1 is 0.237 bits per heavy atom. The fourth-order valence-electron chi connectivity index (χ4n) is 9.21. The average Bonchev–Trinajstić information content (AvgIpc) is 3.52. The standard InChI is InChI=1S/2C31H28ClN7O/c2*1-36-23-9-5-10-24(31(23)40-22-19-17-21(32)18-20-22)37(2)26-12-7-14-28(34-26)39(4)30-16-8-15-29(35-30)38(3)27-13-6-11-25(36)33-27/h2*5-20H,1-4H3. The largest absolute Gasteiger partial charge is 0.453 e. The zero-order chi connectivity index (χ0) is 55.6. The SMILES string of the molecule is CN1c2cccc(n2)N(C)c2cccc(n2)N(C)c2cccc(c2Oc2ccc(Cl)cc2)N(C)c2cccc1n2.CN1c2cccc(n2)N(C)c2cccc(n2)N(C)c2cccc(c2Oc2ccc(Cl)cc2)N(C)c2cccc1n2. The number of benzene rings is 4. The molecule has 0 atom stereocenters. The van der Waals surface area contributed by atoms with Crippen LogP contribution in [0.4, 0.5) is 92.6 Å². The van der Waals surface area contributed by atoms with Crippen molar-refractivity contribution in [3.63, 3.8) is 0 Å². The van der Waals surface area contributed by atoms with E-state index in [9.17, 15) is 0 Å². The molecule has 0 saturated carbocycles. The van der Waals surface area contributed by atoms with Crippen LogP contribution >= 0.6 is 23.2 Å². The quantitative estimate of drug-likeness (QED) is 0.166. The molecule has 0 aliphatic carbocycles. The van der Waals surface area contributed by atoms with E-state index in [1.807, 2.05) is 290 Å². The highest BCUT2D eigenvalue weighted by molar-refractivity contribution is 6.30. The van der Waals surface area contributed by atoms with Gasteiger partial charge in [-0.1, -0.05) is 71.7 Å². The van der Waals surface area contributed by atoms with Crippen molar-refractivity contribution in [3.8, 4) is 23.0 Å². The molecule has 12 rings (SSSR count). The second-order valence-electron chi connectivity index (χ2n) is 19.0. The van der Waals surface area contributed by atoms with Gasteiger partial charge in [-0.05, 0) is 146 Å². The van der Waals surface area contributed by atoms with Crippen LogP contribution in [0.1, 0.15) is 0 Å².